The average Bonchev–Trinajstić information content (AvgIpc) is 2.95. The third kappa shape index (κ3) is 4.84. The Morgan fingerprint density at radius 2 is 1.59 bits per heavy atom. The number of rotatable bonds is 6. The van der Waals surface area contributed by atoms with E-state index in [1.807, 2.05) is 42.5 Å². The summed E-state index contributed by atoms with van der Waals surface area (Å²) in [5, 5.41) is 14.7. The number of nitrogen functional groups attached to an aromatic ring is 1. The van der Waals surface area contributed by atoms with Crippen molar-refractivity contribution in [3.63, 3.8) is 0 Å². The minimum atomic E-state index is 0.197. The van der Waals surface area contributed by atoms with Gasteiger partial charge in [-0.15, -0.1) is 10.2 Å². The molecule has 2 aromatic carbocycles. The molecular formula is C28H26N8O. The van der Waals surface area contributed by atoms with Crippen LogP contribution in [0.15, 0.2) is 79.1 Å². The molecule has 0 aliphatic carbocycles. The van der Waals surface area contributed by atoms with Gasteiger partial charge < -0.3 is 20.7 Å². The Morgan fingerprint density at radius 1 is 0.784 bits per heavy atom. The first-order valence-electron chi connectivity index (χ1n) is 12.3. The number of nitrogens with zero attached hydrogens (tertiary/aromatic N) is 6. The number of nitrogens with one attached hydrogen (secondary N) is 1. The summed E-state index contributed by atoms with van der Waals surface area (Å²) in [5.41, 5.74) is 8.01. The number of nitrogens with two attached hydrogens (primary N) is 1. The maximum atomic E-state index is 6.09. The van der Waals surface area contributed by atoms with E-state index in [4.69, 9.17) is 10.5 Å². The number of anilines is 4. The summed E-state index contributed by atoms with van der Waals surface area (Å²) < 4.78 is 6.09. The highest BCUT2D eigenvalue weighted by molar-refractivity contribution is 5.99. The molecule has 0 spiro atoms. The second-order valence-electron chi connectivity index (χ2n) is 8.87. The number of benzene rings is 2. The van der Waals surface area contributed by atoms with Crippen LogP contribution in [-0.2, 0) is 0 Å². The van der Waals surface area contributed by atoms with Gasteiger partial charge in [0.15, 0.2) is 11.6 Å². The molecule has 4 heterocycles. The standard InChI is InChI=1S/C28H26N8O/c29-28-31-16-14-24(33-28)23-9-6-15-30-27(23)37-20-12-10-19(11-13-20)32-25-21-7-2-3-8-22(21)26(35-34-25)36-17-4-1-5-18-36/h2-3,6-16H,1,4-5,17-18H2,(H,32,34)(H2,29,31,33). The predicted molar refractivity (Wildman–Crippen MR) is 145 cm³/mol. The quantitative estimate of drug-likeness (QED) is 0.314. The summed E-state index contributed by atoms with van der Waals surface area (Å²) in [4.78, 5) is 15.0. The van der Waals surface area contributed by atoms with Gasteiger partial charge >= 0.3 is 0 Å². The van der Waals surface area contributed by atoms with E-state index in [-0.39, 0.29) is 5.95 Å². The lowest BCUT2D eigenvalue weighted by Crippen LogP contribution is -2.30. The third-order valence-electron chi connectivity index (χ3n) is 6.38. The van der Waals surface area contributed by atoms with Crippen molar-refractivity contribution in [3.8, 4) is 22.9 Å². The number of ether oxygens (including phenoxy) is 1. The van der Waals surface area contributed by atoms with Crippen LogP contribution in [0.5, 0.6) is 11.6 Å². The van der Waals surface area contributed by atoms with Gasteiger partial charge in [0.05, 0.1) is 11.3 Å². The Labute approximate surface area is 214 Å². The maximum absolute atomic E-state index is 6.09. The highest BCUT2D eigenvalue weighted by Crippen LogP contribution is 2.33. The topological polar surface area (TPSA) is 115 Å². The van der Waals surface area contributed by atoms with Gasteiger partial charge in [0.2, 0.25) is 11.8 Å². The van der Waals surface area contributed by atoms with Gasteiger partial charge in [-0.25, -0.2) is 15.0 Å². The van der Waals surface area contributed by atoms with Gasteiger partial charge in [0.1, 0.15) is 5.75 Å². The van der Waals surface area contributed by atoms with Crippen molar-refractivity contribution in [2.75, 3.05) is 29.0 Å². The maximum Gasteiger partial charge on any atom is 0.228 e. The van der Waals surface area contributed by atoms with Crippen molar-refractivity contribution in [1.82, 2.24) is 25.1 Å². The largest absolute Gasteiger partial charge is 0.438 e. The summed E-state index contributed by atoms with van der Waals surface area (Å²) in [5.74, 6) is 2.96. The molecule has 1 aliphatic rings. The normalized spacial score (nSPS) is 13.5. The SMILES string of the molecule is Nc1nccc(-c2cccnc2Oc2ccc(Nc3nnc(N4CCCCC4)c4ccccc34)cc2)n1. The van der Waals surface area contributed by atoms with Gasteiger partial charge in [-0.2, -0.15) is 0 Å². The third-order valence-corrected chi connectivity index (χ3v) is 6.38. The number of hydrogen-bond acceptors (Lipinski definition) is 9. The van der Waals surface area contributed by atoms with Crippen LogP contribution in [0, 0.1) is 0 Å². The highest BCUT2D eigenvalue weighted by Gasteiger charge is 2.17. The fourth-order valence-electron chi connectivity index (χ4n) is 4.57. The molecule has 37 heavy (non-hydrogen) atoms. The summed E-state index contributed by atoms with van der Waals surface area (Å²) in [6.07, 6.45) is 6.95. The van der Waals surface area contributed by atoms with E-state index in [1.54, 1.807) is 18.5 Å². The van der Waals surface area contributed by atoms with Crippen LogP contribution in [-0.4, -0.2) is 38.2 Å². The molecule has 0 saturated carbocycles. The van der Waals surface area contributed by atoms with E-state index in [1.165, 1.54) is 19.3 Å². The molecule has 9 heteroatoms. The smallest absolute Gasteiger partial charge is 0.228 e. The molecule has 1 aliphatic heterocycles. The monoisotopic (exact) mass is 490 g/mol. The molecule has 5 aromatic rings. The Balaban J connectivity index is 1.23. The van der Waals surface area contributed by atoms with Crippen LogP contribution in [0.2, 0.25) is 0 Å². The predicted octanol–water partition coefficient (Wildman–Crippen LogP) is 5.59. The second-order valence-corrected chi connectivity index (χ2v) is 8.87. The van der Waals surface area contributed by atoms with Crippen molar-refractivity contribution in [2.45, 2.75) is 19.3 Å². The molecule has 0 unspecified atom stereocenters. The zero-order chi connectivity index (χ0) is 25.0. The van der Waals surface area contributed by atoms with Gasteiger partial charge in [-0.1, -0.05) is 24.3 Å². The number of piperidine rings is 1. The summed E-state index contributed by atoms with van der Waals surface area (Å²) in [7, 11) is 0. The first kappa shape index (κ1) is 22.7. The van der Waals surface area contributed by atoms with E-state index in [0.29, 0.717) is 17.3 Å². The van der Waals surface area contributed by atoms with E-state index in [9.17, 15) is 0 Å². The Hall–Kier alpha value is -4.79. The van der Waals surface area contributed by atoms with Crippen LogP contribution in [0.3, 0.4) is 0 Å². The summed E-state index contributed by atoms with van der Waals surface area (Å²) in [6, 6.07) is 21.4. The molecule has 0 radical (unpaired) electrons. The molecule has 1 saturated heterocycles. The van der Waals surface area contributed by atoms with E-state index >= 15 is 0 Å². The first-order chi connectivity index (χ1) is 18.2. The number of pyridine rings is 1. The minimum Gasteiger partial charge on any atom is -0.438 e. The molecule has 1 fully saturated rings. The highest BCUT2D eigenvalue weighted by atomic mass is 16.5. The van der Waals surface area contributed by atoms with Crippen LogP contribution in [0.1, 0.15) is 19.3 Å². The van der Waals surface area contributed by atoms with Crippen LogP contribution >= 0.6 is 0 Å². The van der Waals surface area contributed by atoms with Gasteiger partial charge in [-0.3, -0.25) is 0 Å². The molecule has 3 aromatic heterocycles. The fourth-order valence-corrected chi connectivity index (χ4v) is 4.57. The summed E-state index contributed by atoms with van der Waals surface area (Å²) in [6.45, 7) is 2.05. The van der Waals surface area contributed by atoms with Crippen LogP contribution in [0.4, 0.5) is 23.3 Å². The lowest BCUT2D eigenvalue weighted by Gasteiger charge is -2.28. The second kappa shape index (κ2) is 10.1. The van der Waals surface area contributed by atoms with Crippen molar-refractivity contribution >= 4 is 34.0 Å². The van der Waals surface area contributed by atoms with Gasteiger partial charge in [-0.05, 0) is 61.7 Å². The zero-order valence-corrected chi connectivity index (χ0v) is 20.2. The molecule has 0 atom stereocenters. The summed E-state index contributed by atoms with van der Waals surface area (Å²) >= 11 is 0. The van der Waals surface area contributed by atoms with Gasteiger partial charge in [0.25, 0.3) is 0 Å². The molecule has 6 rings (SSSR count). The molecule has 9 nitrogen and oxygen atoms in total. The lowest BCUT2D eigenvalue weighted by atomic mass is 10.1. The molecular weight excluding hydrogens is 464 g/mol. The number of fused-ring (bicyclic) bond motifs is 1. The van der Waals surface area contributed by atoms with E-state index in [2.05, 4.69) is 53.6 Å². The number of hydrogen-bond donors (Lipinski definition) is 2. The van der Waals surface area contributed by atoms with Crippen molar-refractivity contribution in [1.29, 1.82) is 0 Å². The zero-order valence-electron chi connectivity index (χ0n) is 20.2. The first-order valence-corrected chi connectivity index (χ1v) is 12.3. The fraction of sp³-hybridized carbons (Fsp3) is 0.179. The average molecular weight is 491 g/mol. The molecule has 184 valence electrons. The molecule has 3 N–H and O–H groups in total. The van der Waals surface area contributed by atoms with Crippen molar-refractivity contribution < 1.29 is 4.74 Å². The minimum absolute atomic E-state index is 0.197. The Bertz CT molecular complexity index is 1530. The van der Waals surface area contributed by atoms with Crippen molar-refractivity contribution in [2.24, 2.45) is 0 Å². The van der Waals surface area contributed by atoms with E-state index in [0.717, 1.165) is 46.7 Å². The Kier molecular flexibility index (Phi) is 6.16. The van der Waals surface area contributed by atoms with Crippen molar-refractivity contribution in [3.05, 3.63) is 79.1 Å². The van der Waals surface area contributed by atoms with Crippen LogP contribution < -0.4 is 20.7 Å². The number of aromatic nitrogens is 5. The molecule has 0 amide bonds. The lowest BCUT2D eigenvalue weighted by molar-refractivity contribution is 0.465. The molecule has 0 bridgehead atoms. The van der Waals surface area contributed by atoms with E-state index < -0.39 is 0 Å². The Morgan fingerprint density at radius 3 is 2.41 bits per heavy atom. The van der Waals surface area contributed by atoms with Crippen LogP contribution in [0.25, 0.3) is 22.0 Å². The van der Waals surface area contributed by atoms with Gasteiger partial charge in [0, 0.05) is 41.9 Å².